The van der Waals surface area contributed by atoms with E-state index in [0.717, 1.165) is 37.6 Å². The lowest BCUT2D eigenvalue weighted by Gasteiger charge is -2.25. The van der Waals surface area contributed by atoms with Gasteiger partial charge in [-0.3, -0.25) is 9.63 Å². The molecule has 0 saturated heterocycles. The van der Waals surface area contributed by atoms with Gasteiger partial charge in [0.2, 0.25) is 0 Å². The SMILES string of the molecule is CONC(=O)c1cc(COc2ccc(-c3nc4cc(C(=O)O)ccc4n3C3CCCCC3)c(F)c2)ccc1-c1ccccc1Cl.Cl. The van der Waals surface area contributed by atoms with Gasteiger partial charge in [0.15, 0.2) is 0 Å². The summed E-state index contributed by atoms with van der Waals surface area (Å²) >= 11 is 6.41. The third-order valence-corrected chi connectivity index (χ3v) is 8.48. The molecule has 1 amide bonds. The maximum atomic E-state index is 15.8. The zero-order chi connectivity index (χ0) is 31.5. The molecule has 5 aromatic rings. The van der Waals surface area contributed by atoms with E-state index in [9.17, 15) is 14.7 Å². The number of carbonyl (C=O) groups excluding carboxylic acids is 1. The number of aromatic nitrogens is 2. The number of ether oxygens (including phenoxy) is 1. The van der Waals surface area contributed by atoms with E-state index < -0.39 is 17.7 Å². The molecule has 46 heavy (non-hydrogen) atoms. The van der Waals surface area contributed by atoms with Gasteiger partial charge in [-0.15, -0.1) is 12.4 Å². The van der Waals surface area contributed by atoms with E-state index in [1.807, 2.05) is 24.3 Å². The van der Waals surface area contributed by atoms with Crippen molar-refractivity contribution in [3.05, 3.63) is 106 Å². The number of hydrogen-bond donors (Lipinski definition) is 2. The normalized spacial score (nSPS) is 13.3. The Balaban J connectivity index is 0.00000417. The molecule has 238 valence electrons. The molecule has 1 fully saturated rings. The van der Waals surface area contributed by atoms with Crippen molar-refractivity contribution >= 4 is 46.9 Å². The van der Waals surface area contributed by atoms with Gasteiger partial charge in [0.05, 0.1) is 29.3 Å². The lowest BCUT2D eigenvalue weighted by Crippen LogP contribution is -2.22. The summed E-state index contributed by atoms with van der Waals surface area (Å²) in [6.45, 7) is 0.0768. The maximum Gasteiger partial charge on any atom is 0.335 e. The van der Waals surface area contributed by atoms with Crippen LogP contribution in [-0.4, -0.2) is 33.6 Å². The molecule has 0 atom stereocenters. The first kappa shape index (κ1) is 32.9. The first-order valence-electron chi connectivity index (χ1n) is 14.7. The van der Waals surface area contributed by atoms with Crippen molar-refractivity contribution in [1.82, 2.24) is 15.0 Å². The predicted octanol–water partition coefficient (Wildman–Crippen LogP) is 8.66. The van der Waals surface area contributed by atoms with E-state index in [4.69, 9.17) is 26.2 Å². The van der Waals surface area contributed by atoms with Crippen molar-refractivity contribution < 1.29 is 28.7 Å². The summed E-state index contributed by atoms with van der Waals surface area (Å²) in [6.07, 6.45) is 5.19. The molecule has 1 aromatic heterocycles. The third kappa shape index (κ3) is 6.72. The van der Waals surface area contributed by atoms with Gasteiger partial charge in [0.25, 0.3) is 5.91 Å². The van der Waals surface area contributed by atoms with Crippen LogP contribution in [0.1, 0.15) is 64.4 Å². The van der Waals surface area contributed by atoms with Crippen molar-refractivity contribution in [1.29, 1.82) is 0 Å². The molecule has 1 saturated carbocycles. The monoisotopic (exact) mass is 663 g/mol. The summed E-state index contributed by atoms with van der Waals surface area (Å²) in [4.78, 5) is 34.0. The molecule has 0 unspecified atom stereocenters. The van der Waals surface area contributed by atoms with E-state index in [1.54, 1.807) is 42.5 Å². The second-order valence-corrected chi connectivity index (χ2v) is 11.4. The lowest BCUT2D eigenvalue weighted by atomic mass is 9.94. The van der Waals surface area contributed by atoms with Crippen molar-refractivity contribution in [2.24, 2.45) is 0 Å². The van der Waals surface area contributed by atoms with Crippen molar-refractivity contribution in [3.8, 4) is 28.3 Å². The number of halogens is 3. The zero-order valence-corrected chi connectivity index (χ0v) is 26.5. The average Bonchev–Trinajstić information content (AvgIpc) is 3.43. The number of rotatable bonds is 9. The fraction of sp³-hybridized carbons (Fsp3) is 0.229. The number of carboxylic acids is 1. The fourth-order valence-corrected chi connectivity index (χ4v) is 6.23. The van der Waals surface area contributed by atoms with Gasteiger partial charge in [0.1, 0.15) is 24.0 Å². The smallest absolute Gasteiger partial charge is 0.335 e. The predicted molar refractivity (Wildman–Crippen MR) is 177 cm³/mol. The minimum atomic E-state index is -1.04. The van der Waals surface area contributed by atoms with Gasteiger partial charge >= 0.3 is 5.97 Å². The summed E-state index contributed by atoms with van der Waals surface area (Å²) in [5.41, 5.74) is 6.47. The molecule has 0 spiro atoms. The van der Waals surface area contributed by atoms with Crippen LogP contribution in [0.3, 0.4) is 0 Å². The molecule has 4 aromatic carbocycles. The third-order valence-electron chi connectivity index (χ3n) is 8.15. The molecular weight excluding hydrogens is 632 g/mol. The molecule has 1 heterocycles. The topological polar surface area (TPSA) is 103 Å². The summed E-state index contributed by atoms with van der Waals surface area (Å²) in [6, 6.07) is 22.2. The van der Waals surface area contributed by atoms with Crippen LogP contribution in [0.15, 0.2) is 78.9 Å². The lowest BCUT2D eigenvalue weighted by molar-refractivity contribution is 0.0538. The summed E-state index contributed by atoms with van der Waals surface area (Å²) < 4.78 is 23.8. The Kier molecular flexibility index (Phi) is 10.3. The number of imidazole rings is 1. The van der Waals surface area contributed by atoms with Crippen molar-refractivity contribution in [2.45, 2.75) is 44.8 Å². The molecular formula is C35H32Cl2FN3O5. The summed E-state index contributed by atoms with van der Waals surface area (Å²) in [7, 11) is 1.36. The number of amides is 1. The second kappa shape index (κ2) is 14.3. The number of carboxylic acid groups (broad SMARTS) is 1. The average molecular weight is 665 g/mol. The van der Waals surface area contributed by atoms with Crippen LogP contribution in [0.4, 0.5) is 4.39 Å². The largest absolute Gasteiger partial charge is 0.489 e. The molecule has 0 bridgehead atoms. The van der Waals surface area contributed by atoms with Crippen molar-refractivity contribution in [2.75, 3.05) is 7.11 Å². The molecule has 2 N–H and O–H groups in total. The van der Waals surface area contributed by atoms with Gasteiger partial charge in [-0.1, -0.05) is 61.2 Å². The Hall–Kier alpha value is -4.44. The molecule has 6 rings (SSSR count). The minimum Gasteiger partial charge on any atom is -0.489 e. The molecule has 1 aliphatic rings. The Labute approximate surface area is 276 Å². The first-order valence-corrected chi connectivity index (χ1v) is 15.1. The van der Waals surface area contributed by atoms with E-state index >= 15 is 4.39 Å². The first-order chi connectivity index (χ1) is 21.8. The Morgan fingerprint density at radius 1 is 0.978 bits per heavy atom. The highest BCUT2D eigenvalue weighted by atomic mass is 35.5. The standard InChI is InChI=1S/C35H31ClFN3O5.ClH/c1-44-39-34(41)28-17-21(11-14-25(28)26-9-5-6-10-29(26)36)20-45-24-13-15-27(30(37)19-24)33-38-31-18-22(35(42)43)12-16-32(31)40(33)23-7-3-2-4-8-23;/h5-6,9-19,23H,2-4,7-8,20H2,1H3,(H,39,41)(H,42,43);1H. The Bertz CT molecular complexity index is 1910. The number of benzene rings is 4. The molecule has 1 aliphatic carbocycles. The minimum absolute atomic E-state index is 0. The maximum absolute atomic E-state index is 15.8. The van der Waals surface area contributed by atoms with Gasteiger partial charge in [0, 0.05) is 28.3 Å². The van der Waals surface area contributed by atoms with Crippen molar-refractivity contribution in [3.63, 3.8) is 0 Å². The number of carbonyl (C=O) groups is 2. The second-order valence-electron chi connectivity index (χ2n) is 11.0. The number of nitrogens with zero attached hydrogens (tertiary/aromatic N) is 2. The van der Waals surface area contributed by atoms with Crippen LogP contribution in [-0.2, 0) is 11.4 Å². The number of hydroxylamine groups is 1. The number of nitrogens with one attached hydrogen (secondary N) is 1. The highest BCUT2D eigenvalue weighted by molar-refractivity contribution is 6.33. The Morgan fingerprint density at radius 2 is 1.74 bits per heavy atom. The van der Waals surface area contributed by atoms with Crippen LogP contribution in [0.25, 0.3) is 33.5 Å². The van der Waals surface area contributed by atoms with Crippen LogP contribution >= 0.6 is 24.0 Å². The number of hydrogen-bond acceptors (Lipinski definition) is 5. The summed E-state index contributed by atoms with van der Waals surface area (Å²) in [5.74, 6) is -1.22. The van der Waals surface area contributed by atoms with E-state index in [-0.39, 0.29) is 30.6 Å². The molecule has 11 heteroatoms. The number of aromatic carboxylic acids is 1. The van der Waals surface area contributed by atoms with Gasteiger partial charge in [-0.25, -0.2) is 19.6 Å². The quantitative estimate of drug-likeness (QED) is 0.153. The zero-order valence-electron chi connectivity index (χ0n) is 25.0. The van der Waals surface area contributed by atoms with E-state index in [2.05, 4.69) is 10.0 Å². The van der Waals surface area contributed by atoms with Crippen LogP contribution < -0.4 is 10.2 Å². The molecule has 8 nitrogen and oxygen atoms in total. The van der Waals surface area contributed by atoms with Crippen LogP contribution in [0.5, 0.6) is 5.75 Å². The Morgan fingerprint density at radius 3 is 2.46 bits per heavy atom. The van der Waals surface area contributed by atoms with Gasteiger partial charge in [-0.2, -0.15) is 0 Å². The fourth-order valence-electron chi connectivity index (χ4n) is 6.00. The highest BCUT2D eigenvalue weighted by Gasteiger charge is 2.25. The van der Waals surface area contributed by atoms with Gasteiger partial charge < -0.3 is 14.4 Å². The van der Waals surface area contributed by atoms with E-state index in [0.29, 0.717) is 49.9 Å². The van der Waals surface area contributed by atoms with E-state index in [1.165, 1.54) is 19.2 Å². The van der Waals surface area contributed by atoms with Crippen LogP contribution in [0, 0.1) is 5.82 Å². The molecule has 0 radical (unpaired) electrons. The summed E-state index contributed by atoms with van der Waals surface area (Å²) in [5, 5.41) is 10.0. The van der Waals surface area contributed by atoms with Gasteiger partial charge in [-0.05, 0) is 66.4 Å². The molecule has 0 aliphatic heterocycles. The van der Waals surface area contributed by atoms with Crippen LogP contribution in [0.2, 0.25) is 5.02 Å². The number of fused-ring (bicyclic) bond motifs is 1. The highest BCUT2D eigenvalue weighted by Crippen LogP contribution is 2.38.